The van der Waals surface area contributed by atoms with Gasteiger partial charge in [-0.25, -0.2) is 9.37 Å². The van der Waals surface area contributed by atoms with Crippen LogP contribution < -0.4 is 5.32 Å². The fourth-order valence-electron chi connectivity index (χ4n) is 1.84. The molecule has 2 aromatic rings. The first-order chi connectivity index (χ1) is 10.0. The molecule has 0 bridgehead atoms. The van der Waals surface area contributed by atoms with Crippen LogP contribution in [0.4, 0.5) is 4.39 Å². The van der Waals surface area contributed by atoms with Gasteiger partial charge in [-0.1, -0.05) is 24.6 Å². The lowest BCUT2D eigenvalue weighted by molar-refractivity contribution is -0.139. The first kappa shape index (κ1) is 15.9. The summed E-state index contributed by atoms with van der Waals surface area (Å²) >= 11 is 7.14. The zero-order chi connectivity index (χ0) is 15.4. The molecule has 21 heavy (non-hydrogen) atoms. The number of aromatic nitrogens is 1. The third-order valence-corrected chi connectivity index (χ3v) is 4.26. The third-order valence-electron chi connectivity index (χ3n) is 2.91. The maximum Gasteiger partial charge on any atom is 0.325 e. The van der Waals surface area contributed by atoms with Crippen molar-refractivity contribution >= 4 is 28.9 Å². The first-order valence-corrected chi connectivity index (χ1v) is 7.61. The molecular weight excluding hydrogens is 315 g/mol. The second kappa shape index (κ2) is 6.98. The number of nitrogens with one attached hydrogen (secondary N) is 1. The quantitative estimate of drug-likeness (QED) is 0.853. The van der Waals surface area contributed by atoms with Crippen LogP contribution in [-0.2, 0) is 17.8 Å². The fourth-order valence-corrected chi connectivity index (χ4v) is 2.70. The van der Waals surface area contributed by atoms with E-state index in [1.165, 1.54) is 23.5 Å². The van der Waals surface area contributed by atoms with E-state index in [-0.39, 0.29) is 5.02 Å². The van der Waals surface area contributed by atoms with Crippen LogP contribution in [0.5, 0.6) is 0 Å². The van der Waals surface area contributed by atoms with Gasteiger partial charge in [0.05, 0.1) is 15.7 Å². The summed E-state index contributed by atoms with van der Waals surface area (Å²) in [4.78, 5) is 15.7. The van der Waals surface area contributed by atoms with Crippen molar-refractivity contribution in [2.24, 2.45) is 0 Å². The van der Waals surface area contributed by atoms with Crippen LogP contribution in [-0.4, -0.2) is 16.1 Å². The molecule has 0 fully saturated rings. The Morgan fingerprint density at radius 2 is 2.33 bits per heavy atom. The van der Waals surface area contributed by atoms with Crippen molar-refractivity contribution in [1.82, 2.24) is 10.3 Å². The summed E-state index contributed by atoms with van der Waals surface area (Å²) in [5, 5.41) is 15.0. The molecule has 1 unspecified atom stereocenters. The minimum Gasteiger partial charge on any atom is -0.480 e. The topological polar surface area (TPSA) is 62.2 Å². The third kappa shape index (κ3) is 4.00. The maximum absolute atomic E-state index is 13.5. The Hall–Kier alpha value is -1.50. The minimum absolute atomic E-state index is 0.0324. The Kier molecular flexibility index (Phi) is 5.27. The van der Waals surface area contributed by atoms with E-state index in [9.17, 15) is 14.3 Å². The number of aryl methyl sites for hydroxylation is 1. The minimum atomic E-state index is -1.08. The molecule has 2 rings (SSSR count). The molecule has 1 atom stereocenters. The van der Waals surface area contributed by atoms with Crippen molar-refractivity contribution in [2.45, 2.75) is 25.9 Å². The summed E-state index contributed by atoms with van der Waals surface area (Å²) in [6.45, 7) is 2.31. The van der Waals surface area contributed by atoms with Crippen LogP contribution in [0.1, 0.15) is 29.2 Å². The molecule has 1 aromatic heterocycles. The van der Waals surface area contributed by atoms with Gasteiger partial charge in [-0.05, 0) is 24.1 Å². The number of benzene rings is 1. The largest absolute Gasteiger partial charge is 0.480 e. The van der Waals surface area contributed by atoms with Crippen molar-refractivity contribution in [2.75, 3.05) is 0 Å². The van der Waals surface area contributed by atoms with Gasteiger partial charge in [0.15, 0.2) is 0 Å². The summed E-state index contributed by atoms with van der Waals surface area (Å²) < 4.78 is 13.5. The highest BCUT2D eigenvalue weighted by Crippen LogP contribution is 2.21. The number of halogens is 2. The standard InChI is InChI=1S/C14H14ClFN2O2S/c1-2-12-18-9(7-21-12)6-17-13(14(19)20)8-3-4-10(15)11(16)5-8/h3-5,7,13,17H,2,6H2,1H3,(H,19,20). The molecule has 0 saturated heterocycles. The van der Waals surface area contributed by atoms with Gasteiger partial charge >= 0.3 is 5.97 Å². The van der Waals surface area contributed by atoms with Crippen LogP contribution >= 0.6 is 22.9 Å². The lowest BCUT2D eigenvalue weighted by Gasteiger charge is -2.14. The summed E-state index contributed by atoms with van der Waals surface area (Å²) in [6, 6.07) is 2.97. The van der Waals surface area contributed by atoms with E-state index in [1.807, 2.05) is 12.3 Å². The Morgan fingerprint density at radius 3 is 2.90 bits per heavy atom. The predicted molar refractivity (Wildman–Crippen MR) is 80.1 cm³/mol. The summed E-state index contributed by atoms with van der Waals surface area (Å²) in [6.07, 6.45) is 0.843. The van der Waals surface area contributed by atoms with Crippen LogP contribution in [0.25, 0.3) is 0 Å². The Bertz CT molecular complexity index is 648. The SMILES string of the molecule is CCc1nc(CNC(C(=O)O)c2ccc(Cl)c(F)c2)cs1. The summed E-state index contributed by atoms with van der Waals surface area (Å²) in [5.74, 6) is -1.72. The zero-order valence-corrected chi connectivity index (χ0v) is 12.8. The molecule has 0 aliphatic carbocycles. The van der Waals surface area contributed by atoms with E-state index in [1.54, 1.807) is 0 Å². The van der Waals surface area contributed by atoms with E-state index >= 15 is 0 Å². The average Bonchev–Trinajstić information content (AvgIpc) is 2.90. The van der Waals surface area contributed by atoms with Crippen LogP contribution in [0.15, 0.2) is 23.6 Å². The van der Waals surface area contributed by atoms with Crippen LogP contribution in [0.2, 0.25) is 5.02 Å². The van der Waals surface area contributed by atoms with Gasteiger partial charge in [0.1, 0.15) is 11.9 Å². The number of carbonyl (C=O) groups is 1. The van der Waals surface area contributed by atoms with Crippen LogP contribution in [0, 0.1) is 5.82 Å². The van der Waals surface area contributed by atoms with Crippen molar-refractivity contribution in [1.29, 1.82) is 0 Å². The number of rotatable bonds is 6. The average molecular weight is 329 g/mol. The van der Waals surface area contributed by atoms with Gasteiger partial charge in [0, 0.05) is 11.9 Å². The van der Waals surface area contributed by atoms with Gasteiger partial charge in [-0.3, -0.25) is 10.1 Å². The summed E-state index contributed by atoms with van der Waals surface area (Å²) in [5.41, 5.74) is 1.09. The first-order valence-electron chi connectivity index (χ1n) is 6.35. The Morgan fingerprint density at radius 1 is 1.57 bits per heavy atom. The normalized spacial score (nSPS) is 12.3. The highest BCUT2D eigenvalue weighted by molar-refractivity contribution is 7.09. The molecule has 0 saturated carbocycles. The summed E-state index contributed by atoms with van der Waals surface area (Å²) in [7, 11) is 0. The fraction of sp³-hybridized carbons (Fsp3) is 0.286. The van der Waals surface area contributed by atoms with E-state index in [0.717, 1.165) is 23.2 Å². The molecule has 0 aliphatic heterocycles. The second-order valence-electron chi connectivity index (χ2n) is 4.41. The monoisotopic (exact) mass is 328 g/mol. The molecule has 0 spiro atoms. The van der Waals surface area contributed by atoms with Crippen molar-refractivity contribution in [3.8, 4) is 0 Å². The molecule has 2 N–H and O–H groups in total. The lowest BCUT2D eigenvalue weighted by Crippen LogP contribution is -2.28. The van der Waals surface area contributed by atoms with E-state index in [0.29, 0.717) is 12.1 Å². The van der Waals surface area contributed by atoms with Crippen molar-refractivity contribution in [3.63, 3.8) is 0 Å². The van der Waals surface area contributed by atoms with Gasteiger partial charge in [-0.15, -0.1) is 11.3 Å². The van der Waals surface area contributed by atoms with E-state index in [4.69, 9.17) is 11.6 Å². The van der Waals surface area contributed by atoms with Crippen molar-refractivity contribution in [3.05, 3.63) is 50.7 Å². The molecule has 112 valence electrons. The van der Waals surface area contributed by atoms with Crippen LogP contribution in [0.3, 0.4) is 0 Å². The highest BCUT2D eigenvalue weighted by atomic mass is 35.5. The molecular formula is C14H14ClFN2O2S. The number of carboxylic acids is 1. The van der Waals surface area contributed by atoms with E-state index in [2.05, 4.69) is 10.3 Å². The number of hydrogen-bond acceptors (Lipinski definition) is 4. The highest BCUT2D eigenvalue weighted by Gasteiger charge is 2.20. The molecule has 1 heterocycles. The van der Waals surface area contributed by atoms with Gasteiger partial charge in [-0.2, -0.15) is 0 Å². The molecule has 4 nitrogen and oxygen atoms in total. The number of carboxylic acid groups (broad SMARTS) is 1. The van der Waals surface area contributed by atoms with Crippen molar-refractivity contribution < 1.29 is 14.3 Å². The number of aliphatic carboxylic acids is 1. The smallest absolute Gasteiger partial charge is 0.325 e. The molecule has 1 aromatic carbocycles. The zero-order valence-electron chi connectivity index (χ0n) is 11.3. The maximum atomic E-state index is 13.5. The number of thiazole rings is 1. The second-order valence-corrected chi connectivity index (χ2v) is 5.76. The molecule has 0 aliphatic rings. The van der Waals surface area contributed by atoms with Gasteiger partial charge in [0.2, 0.25) is 0 Å². The van der Waals surface area contributed by atoms with Gasteiger partial charge in [0.25, 0.3) is 0 Å². The molecule has 0 amide bonds. The number of hydrogen-bond donors (Lipinski definition) is 2. The molecule has 0 radical (unpaired) electrons. The number of nitrogens with zero attached hydrogens (tertiary/aromatic N) is 1. The Balaban J connectivity index is 2.11. The lowest BCUT2D eigenvalue weighted by atomic mass is 10.1. The van der Waals surface area contributed by atoms with Gasteiger partial charge < -0.3 is 5.11 Å². The van der Waals surface area contributed by atoms with E-state index < -0.39 is 17.8 Å². The Labute approximate surface area is 130 Å². The molecule has 7 heteroatoms. The predicted octanol–water partition coefficient (Wildman–Crippen LogP) is 3.41.